The van der Waals surface area contributed by atoms with Crippen LogP contribution in [0.15, 0.2) is 11.4 Å². The van der Waals surface area contributed by atoms with Crippen molar-refractivity contribution in [1.29, 1.82) is 0 Å². The molecule has 4 heteroatoms. The molecule has 0 radical (unpaired) electrons. The first-order valence-corrected chi connectivity index (χ1v) is 4.34. The van der Waals surface area contributed by atoms with Gasteiger partial charge in [0.1, 0.15) is 0 Å². The Kier molecular flexibility index (Phi) is 2.52. The van der Waals surface area contributed by atoms with Gasteiger partial charge in [0.2, 0.25) is 0 Å². The number of thiophene rings is 1. The van der Waals surface area contributed by atoms with Crippen LogP contribution in [0.1, 0.15) is 17.7 Å². The molecule has 0 amide bonds. The van der Waals surface area contributed by atoms with Crippen molar-refractivity contribution in [2.45, 2.75) is 12.8 Å². The van der Waals surface area contributed by atoms with Gasteiger partial charge in [-0.1, -0.05) is 11.6 Å². The number of carbonyl (C=O) groups is 1. The van der Waals surface area contributed by atoms with Crippen molar-refractivity contribution in [3.63, 3.8) is 0 Å². The maximum Gasteiger partial charge on any atom is 0.311 e. The Labute approximate surface area is 73.4 Å². The van der Waals surface area contributed by atoms with Gasteiger partial charge < -0.3 is 5.11 Å². The molecule has 1 aromatic rings. The summed E-state index contributed by atoms with van der Waals surface area (Å²) in [5, 5.41) is 11.0. The lowest BCUT2D eigenvalue weighted by Crippen LogP contribution is -2.05. The van der Waals surface area contributed by atoms with Gasteiger partial charge in [-0.05, 0) is 18.4 Å². The topological polar surface area (TPSA) is 37.3 Å². The monoisotopic (exact) mass is 190 g/mol. The Balaban J connectivity index is 2.92. The lowest BCUT2D eigenvalue weighted by Gasteiger charge is -2.02. The van der Waals surface area contributed by atoms with Gasteiger partial charge in [0, 0.05) is 4.88 Å². The second kappa shape index (κ2) is 3.24. The van der Waals surface area contributed by atoms with Crippen molar-refractivity contribution >= 4 is 28.9 Å². The first-order chi connectivity index (χ1) is 5.13. The number of hydrogen-bond donors (Lipinski definition) is 1. The van der Waals surface area contributed by atoms with E-state index >= 15 is 0 Å². The number of carboxylic acids is 1. The smallest absolute Gasteiger partial charge is 0.311 e. The summed E-state index contributed by atoms with van der Waals surface area (Å²) in [4.78, 5) is 11.2. The molecule has 0 aliphatic heterocycles. The van der Waals surface area contributed by atoms with Crippen LogP contribution in [0, 0.1) is 0 Å². The first-order valence-electron chi connectivity index (χ1n) is 3.08. The van der Waals surface area contributed by atoms with E-state index in [0.717, 1.165) is 4.88 Å². The Morgan fingerprint density at radius 1 is 1.82 bits per heavy atom. The minimum absolute atomic E-state index is 0.498. The summed E-state index contributed by atoms with van der Waals surface area (Å²) in [6, 6.07) is 1.71. The van der Waals surface area contributed by atoms with Crippen LogP contribution in [-0.2, 0) is 4.79 Å². The Morgan fingerprint density at radius 2 is 2.45 bits per heavy atom. The molecular weight excluding hydrogens is 184 g/mol. The lowest BCUT2D eigenvalue weighted by molar-refractivity contribution is -0.138. The van der Waals surface area contributed by atoms with Crippen molar-refractivity contribution in [3.05, 3.63) is 21.3 Å². The summed E-state index contributed by atoms with van der Waals surface area (Å²) in [5.41, 5.74) is 0. The third-order valence-electron chi connectivity index (χ3n) is 1.41. The zero-order valence-electron chi connectivity index (χ0n) is 5.87. The standard InChI is InChI=1S/C7H7ClO2S/c1-4(7(9)10)6-5(8)2-3-11-6/h2-4H,1H3,(H,9,10). The van der Waals surface area contributed by atoms with Crippen LogP contribution in [0.2, 0.25) is 5.02 Å². The Morgan fingerprint density at radius 3 is 2.82 bits per heavy atom. The van der Waals surface area contributed by atoms with Crippen molar-refractivity contribution < 1.29 is 9.90 Å². The largest absolute Gasteiger partial charge is 0.481 e. The van der Waals surface area contributed by atoms with Crippen LogP contribution < -0.4 is 0 Å². The van der Waals surface area contributed by atoms with Gasteiger partial charge in [0.05, 0.1) is 10.9 Å². The van der Waals surface area contributed by atoms with E-state index in [1.807, 2.05) is 0 Å². The maximum absolute atomic E-state index is 10.5. The van der Waals surface area contributed by atoms with Gasteiger partial charge in [-0.3, -0.25) is 4.79 Å². The second-order valence-electron chi connectivity index (χ2n) is 2.19. The Bertz CT molecular complexity index is 269. The van der Waals surface area contributed by atoms with Gasteiger partial charge in [-0.2, -0.15) is 0 Å². The molecule has 0 aromatic carbocycles. The minimum atomic E-state index is -0.839. The van der Waals surface area contributed by atoms with Gasteiger partial charge >= 0.3 is 5.97 Å². The summed E-state index contributed by atoms with van der Waals surface area (Å²) in [6.07, 6.45) is 0. The van der Waals surface area contributed by atoms with Gasteiger partial charge in [-0.25, -0.2) is 0 Å². The van der Waals surface area contributed by atoms with E-state index < -0.39 is 11.9 Å². The molecule has 1 atom stereocenters. The summed E-state index contributed by atoms with van der Waals surface area (Å²) in [7, 11) is 0. The Hall–Kier alpha value is -0.540. The van der Waals surface area contributed by atoms with Crippen LogP contribution in [-0.4, -0.2) is 11.1 Å². The van der Waals surface area contributed by atoms with E-state index in [2.05, 4.69) is 0 Å². The fraction of sp³-hybridized carbons (Fsp3) is 0.286. The molecule has 1 aromatic heterocycles. The van der Waals surface area contributed by atoms with E-state index in [1.165, 1.54) is 11.3 Å². The van der Waals surface area contributed by atoms with E-state index in [-0.39, 0.29) is 0 Å². The zero-order valence-corrected chi connectivity index (χ0v) is 7.45. The molecule has 2 nitrogen and oxygen atoms in total. The molecular formula is C7H7ClO2S. The second-order valence-corrected chi connectivity index (χ2v) is 3.55. The molecule has 0 spiro atoms. The zero-order chi connectivity index (χ0) is 8.43. The highest BCUT2D eigenvalue weighted by molar-refractivity contribution is 7.10. The minimum Gasteiger partial charge on any atom is -0.481 e. The predicted molar refractivity (Wildman–Crippen MR) is 45.4 cm³/mol. The molecule has 1 N–H and O–H groups in total. The van der Waals surface area contributed by atoms with Crippen LogP contribution in [0.4, 0.5) is 0 Å². The van der Waals surface area contributed by atoms with Gasteiger partial charge in [-0.15, -0.1) is 11.3 Å². The molecule has 0 saturated heterocycles. The molecule has 0 bridgehead atoms. The molecule has 1 rings (SSSR count). The molecule has 0 aliphatic rings. The van der Waals surface area contributed by atoms with Crippen LogP contribution >= 0.6 is 22.9 Å². The number of halogens is 1. The third kappa shape index (κ3) is 1.73. The molecule has 11 heavy (non-hydrogen) atoms. The maximum atomic E-state index is 10.5. The van der Waals surface area contributed by atoms with Crippen molar-refractivity contribution in [2.75, 3.05) is 0 Å². The fourth-order valence-electron chi connectivity index (χ4n) is 0.727. The SMILES string of the molecule is CC(C(=O)O)c1sccc1Cl. The molecule has 1 unspecified atom stereocenters. The first kappa shape index (κ1) is 8.56. The normalized spacial score (nSPS) is 12.9. The average molecular weight is 191 g/mol. The molecule has 0 fully saturated rings. The highest BCUT2D eigenvalue weighted by atomic mass is 35.5. The van der Waals surface area contributed by atoms with Crippen LogP contribution in [0.25, 0.3) is 0 Å². The summed E-state index contributed by atoms with van der Waals surface area (Å²) in [6.45, 7) is 1.63. The van der Waals surface area contributed by atoms with E-state index in [9.17, 15) is 4.79 Å². The summed E-state index contributed by atoms with van der Waals surface area (Å²) >= 11 is 7.10. The van der Waals surface area contributed by atoms with Crippen LogP contribution in [0.3, 0.4) is 0 Å². The number of hydrogen-bond acceptors (Lipinski definition) is 2. The molecule has 60 valence electrons. The number of aliphatic carboxylic acids is 1. The number of rotatable bonds is 2. The van der Waals surface area contributed by atoms with Crippen LogP contribution in [0.5, 0.6) is 0 Å². The van der Waals surface area contributed by atoms with Crippen molar-refractivity contribution in [1.82, 2.24) is 0 Å². The van der Waals surface area contributed by atoms with Crippen molar-refractivity contribution in [3.8, 4) is 0 Å². The number of carboxylic acid groups (broad SMARTS) is 1. The molecule has 0 aliphatic carbocycles. The van der Waals surface area contributed by atoms with Gasteiger partial charge in [0.15, 0.2) is 0 Å². The fourth-order valence-corrected chi connectivity index (χ4v) is 2.00. The quantitative estimate of drug-likeness (QED) is 0.779. The predicted octanol–water partition coefficient (Wildman–Crippen LogP) is 2.59. The van der Waals surface area contributed by atoms with Crippen molar-refractivity contribution in [2.24, 2.45) is 0 Å². The van der Waals surface area contributed by atoms with E-state index in [4.69, 9.17) is 16.7 Å². The molecule has 1 heterocycles. The third-order valence-corrected chi connectivity index (χ3v) is 2.95. The van der Waals surface area contributed by atoms with E-state index in [0.29, 0.717) is 5.02 Å². The summed E-state index contributed by atoms with van der Waals surface area (Å²) < 4.78 is 0. The lowest BCUT2D eigenvalue weighted by atomic mass is 10.1. The molecule has 0 saturated carbocycles. The van der Waals surface area contributed by atoms with Gasteiger partial charge in [0.25, 0.3) is 0 Å². The summed E-state index contributed by atoms with van der Waals surface area (Å²) in [5.74, 6) is -1.34. The van der Waals surface area contributed by atoms with E-state index in [1.54, 1.807) is 18.4 Å². The highest BCUT2D eigenvalue weighted by Crippen LogP contribution is 2.29. The highest BCUT2D eigenvalue weighted by Gasteiger charge is 2.17. The average Bonchev–Trinajstić information content (AvgIpc) is 2.33.